The number of likely N-dealkylation sites (tertiary alicyclic amines) is 1. The molecule has 0 saturated carbocycles. The summed E-state index contributed by atoms with van der Waals surface area (Å²) < 4.78 is 0. The minimum atomic E-state index is 0.448. The van der Waals surface area contributed by atoms with Gasteiger partial charge in [-0.2, -0.15) is 0 Å². The smallest absolute Gasteiger partial charge is 0.146 e. The van der Waals surface area contributed by atoms with E-state index in [4.69, 9.17) is 4.98 Å². The first-order valence-corrected chi connectivity index (χ1v) is 10.7. The summed E-state index contributed by atoms with van der Waals surface area (Å²) in [6.07, 6.45) is 7.75. The molecular weight excluding hydrogens is 366 g/mol. The lowest BCUT2D eigenvalue weighted by Crippen LogP contribution is -2.39. The average Bonchev–Trinajstić information content (AvgIpc) is 2.76. The molecule has 1 N–H and O–H groups in total. The van der Waals surface area contributed by atoms with Crippen LogP contribution in [0.1, 0.15) is 24.1 Å². The van der Waals surface area contributed by atoms with Crippen molar-refractivity contribution in [2.24, 2.45) is 0 Å². The van der Waals surface area contributed by atoms with Gasteiger partial charge < -0.3 is 5.32 Å². The molecule has 0 atom stereocenters. The van der Waals surface area contributed by atoms with Crippen molar-refractivity contribution in [2.75, 3.05) is 18.4 Å². The Morgan fingerprint density at radius 2 is 1.82 bits per heavy atom. The first-order valence-electron chi connectivity index (χ1n) is 9.73. The molecule has 0 aliphatic carbocycles. The summed E-state index contributed by atoms with van der Waals surface area (Å²) in [6.45, 7) is 3.08. The molecule has 3 aromatic rings. The Morgan fingerprint density at radius 1 is 1.00 bits per heavy atom. The molecule has 144 valence electrons. The van der Waals surface area contributed by atoms with Crippen molar-refractivity contribution in [1.29, 1.82) is 0 Å². The highest BCUT2D eigenvalue weighted by Crippen LogP contribution is 2.22. The Bertz CT molecular complexity index is 851. The predicted molar refractivity (Wildman–Crippen MR) is 114 cm³/mol. The van der Waals surface area contributed by atoms with Crippen molar-refractivity contribution in [3.63, 3.8) is 0 Å². The molecule has 0 radical (unpaired) electrons. The fourth-order valence-corrected chi connectivity index (χ4v) is 4.19. The second-order valence-corrected chi connectivity index (χ2v) is 8.03. The van der Waals surface area contributed by atoms with Crippen LogP contribution in [0.2, 0.25) is 0 Å². The van der Waals surface area contributed by atoms with Gasteiger partial charge >= 0.3 is 0 Å². The highest BCUT2D eigenvalue weighted by Gasteiger charge is 2.19. The Kier molecular flexibility index (Phi) is 6.52. The predicted octanol–water partition coefficient (Wildman–Crippen LogP) is 4.24. The Labute approximate surface area is 170 Å². The van der Waals surface area contributed by atoms with Crippen LogP contribution in [0.3, 0.4) is 0 Å². The molecule has 0 amide bonds. The van der Waals surface area contributed by atoms with Crippen LogP contribution in [0.15, 0.2) is 72.1 Å². The maximum atomic E-state index is 4.73. The van der Waals surface area contributed by atoms with E-state index >= 15 is 0 Å². The number of nitrogens with one attached hydrogen (secondary N) is 1. The zero-order valence-corrected chi connectivity index (χ0v) is 16.7. The normalized spacial score (nSPS) is 15.4. The van der Waals surface area contributed by atoms with Crippen molar-refractivity contribution >= 4 is 17.6 Å². The van der Waals surface area contributed by atoms with Gasteiger partial charge in [0.1, 0.15) is 10.8 Å². The van der Waals surface area contributed by atoms with Crippen LogP contribution in [0.4, 0.5) is 5.82 Å². The van der Waals surface area contributed by atoms with Crippen LogP contribution in [0, 0.1) is 0 Å². The number of thioether (sulfide) groups is 1. The number of anilines is 1. The molecule has 1 aliphatic rings. The molecule has 0 spiro atoms. The summed E-state index contributed by atoms with van der Waals surface area (Å²) in [6, 6.07) is 17.0. The largest absolute Gasteiger partial charge is 0.366 e. The van der Waals surface area contributed by atoms with Gasteiger partial charge in [0, 0.05) is 37.6 Å². The Hall–Kier alpha value is -2.44. The summed E-state index contributed by atoms with van der Waals surface area (Å²) in [5.74, 6) is 1.78. The van der Waals surface area contributed by atoms with Crippen molar-refractivity contribution in [1.82, 2.24) is 19.9 Å². The first kappa shape index (κ1) is 18.9. The number of hydrogen-bond donors (Lipinski definition) is 1. The van der Waals surface area contributed by atoms with E-state index in [1.807, 2.05) is 30.7 Å². The third-order valence-electron chi connectivity index (χ3n) is 4.89. The van der Waals surface area contributed by atoms with Gasteiger partial charge in [-0.3, -0.25) is 14.9 Å². The lowest BCUT2D eigenvalue weighted by atomic mass is 10.0. The number of benzene rings is 1. The average molecular weight is 392 g/mol. The minimum absolute atomic E-state index is 0.448. The highest BCUT2D eigenvalue weighted by atomic mass is 32.2. The van der Waals surface area contributed by atoms with Crippen LogP contribution in [-0.2, 0) is 12.3 Å². The molecule has 2 aromatic heterocycles. The first-order chi connectivity index (χ1) is 13.8. The second-order valence-electron chi connectivity index (χ2n) is 7.03. The SMILES string of the molecule is c1ccc(CSc2cncc(NC3CCN(Cc4ccccn4)CC3)n2)cc1. The summed E-state index contributed by atoms with van der Waals surface area (Å²) in [7, 11) is 0. The molecule has 28 heavy (non-hydrogen) atoms. The lowest BCUT2D eigenvalue weighted by molar-refractivity contribution is 0.209. The van der Waals surface area contributed by atoms with Crippen LogP contribution in [0.5, 0.6) is 0 Å². The zero-order valence-electron chi connectivity index (χ0n) is 15.9. The van der Waals surface area contributed by atoms with Crippen molar-refractivity contribution < 1.29 is 0 Å². The van der Waals surface area contributed by atoms with Gasteiger partial charge in [-0.05, 0) is 30.5 Å². The number of pyridine rings is 1. The Morgan fingerprint density at radius 3 is 2.61 bits per heavy atom. The van der Waals surface area contributed by atoms with E-state index in [1.165, 1.54) is 5.56 Å². The maximum Gasteiger partial charge on any atom is 0.146 e. The third-order valence-corrected chi connectivity index (χ3v) is 5.86. The molecule has 3 heterocycles. The third kappa shape index (κ3) is 5.53. The summed E-state index contributed by atoms with van der Waals surface area (Å²) in [5.41, 5.74) is 2.44. The number of nitrogens with zero attached hydrogens (tertiary/aromatic N) is 4. The lowest BCUT2D eigenvalue weighted by Gasteiger charge is -2.32. The number of piperidine rings is 1. The maximum absolute atomic E-state index is 4.73. The minimum Gasteiger partial charge on any atom is -0.366 e. The summed E-state index contributed by atoms with van der Waals surface area (Å²) in [4.78, 5) is 16.0. The van der Waals surface area contributed by atoms with Gasteiger partial charge in [-0.25, -0.2) is 4.98 Å². The van der Waals surface area contributed by atoms with E-state index in [9.17, 15) is 0 Å². The fraction of sp³-hybridized carbons (Fsp3) is 0.318. The van der Waals surface area contributed by atoms with E-state index in [-0.39, 0.29) is 0 Å². The number of rotatable bonds is 7. The molecule has 1 fully saturated rings. The monoisotopic (exact) mass is 391 g/mol. The van der Waals surface area contributed by atoms with Crippen molar-refractivity contribution in [3.8, 4) is 0 Å². The van der Waals surface area contributed by atoms with E-state index in [0.29, 0.717) is 6.04 Å². The van der Waals surface area contributed by atoms with Crippen LogP contribution >= 0.6 is 11.8 Å². The van der Waals surface area contributed by atoms with E-state index in [0.717, 1.165) is 54.8 Å². The van der Waals surface area contributed by atoms with Gasteiger partial charge in [-0.1, -0.05) is 36.4 Å². The van der Waals surface area contributed by atoms with Crippen LogP contribution < -0.4 is 5.32 Å². The molecule has 4 rings (SSSR count). The van der Waals surface area contributed by atoms with Crippen LogP contribution in [0.25, 0.3) is 0 Å². The van der Waals surface area contributed by atoms with E-state index < -0.39 is 0 Å². The summed E-state index contributed by atoms with van der Waals surface area (Å²) in [5, 5.41) is 4.53. The van der Waals surface area contributed by atoms with E-state index in [2.05, 4.69) is 56.6 Å². The van der Waals surface area contributed by atoms with Crippen molar-refractivity contribution in [2.45, 2.75) is 36.2 Å². The zero-order chi connectivity index (χ0) is 19.0. The van der Waals surface area contributed by atoms with Gasteiger partial charge in [0.25, 0.3) is 0 Å². The molecule has 0 unspecified atom stereocenters. The van der Waals surface area contributed by atoms with Gasteiger partial charge in [0.15, 0.2) is 0 Å². The number of aromatic nitrogens is 3. The summed E-state index contributed by atoms with van der Waals surface area (Å²) >= 11 is 1.72. The molecular formula is C22H25N5S. The van der Waals surface area contributed by atoms with Gasteiger partial charge in [0.05, 0.1) is 18.1 Å². The molecule has 5 nitrogen and oxygen atoms in total. The standard InChI is InChI=1S/C22H25N5S/c1-2-6-18(7-3-1)17-28-22-15-23-14-21(26-22)25-19-9-12-27(13-10-19)16-20-8-4-5-11-24-20/h1-8,11,14-15,19H,9-10,12-13,16-17H2,(H,25,26). The quantitative estimate of drug-likeness (QED) is 0.608. The van der Waals surface area contributed by atoms with Crippen LogP contribution in [-0.4, -0.2) is 39.0 Å². The molecule has 0 bridgehead atoms. The van der Waals surface area contributed by atoms with Gasteiger partial charge in [0.2, 0.25) is 0 Å². The number of hydrogen-bond acceptors (Lipinski definition) is 6. The molecule has 1 aromatic carbocycles. The van der Waals surface area contributed by atoms with Gasteiger partial charge in [-0.15, -0.1) is 11.8 Å². The van der Waals surface area contributed by atoms with E-state index in [1.54, 1.807) is 11.8 Å². The molecule has 6 heteroatoms. The topological polar surface area (TPSA) is 53.9 Å². The van der Waals surface area contributed by atoms with Crippen molar-refractivity contribution in [3.05, 3.63) is 78.4 Å². The molecule has 1 aliphatic heterocycles. The highest BCUT2D eigenvalue weighted by molar-refractivity contribution is 7.98. The fourth-order valence-electron chi connectivity index (χ4n) is 3.38. The Balaban J connectivity index is 1.26. The second kappa shape index (κ2) is 9.66. The molecule has 1 saturated heterocycles.